The van der Waals surface area contributed by atoms with E-state index in [0.29, 0.717) is 103 Å². The first-order valence-electron chi connectivity index (χ1n) is 22.5. The lowest BCUT2D eigenvalue weighted by molar-refractivity contribution is 0.101. The number of aromatic nitrogens is 2. The van der Waals surface area contributed by atoms with Crippen LogP contribution in [-0.2, 0) is 17.5 Å². The number of nitrogens with one attached hydrogen (secondary N) is 2. The van der Waals surface area contributed by atoms with Crippen molar-refractivity contribution in [3.8, 4) is 51.7 Å². The molecule has 0 fully saturated rings. The number of carbonyl (C=O) groups excluding carboxylic acids is 3. The van der Waals surface area contributed by atoms with E-state index in [1.165, 1.54) is 42.7 Å². The van der Waals surface area contributed by atoms with Crippen molar-refractivity contribution >= 4 is 80.7 Å². The Kier molecular flexibility index (Phi) is 27.5. The summed E-state index contributed by atoms with van der Waals surface area (Å²) >= 11 is 18.2. The molecule has 17 nitrogen and oxygen atoms in total. The molecule has 0 radical (unpaired) electrons. The van der Waals surface area contributed by atoms with Crippen LogP contribution in [0, 0.1) is 0 Å². The van der Waals surface area contributed by atoms with Crippen molar-refractivity contribution in [3.05, 3.63) is 161 Å². The van der Waals surface area contributed by atoms with Gasteiger partial charge in [-0.05, 0) is 58.6 Å². The van der Waals surface area contributed by atoms with Crippen LogP contribution in [0.2, 0.25) is 0 Å². The second-order valence-electron chi connectivity index (χ2n) is 15.2. The summed E-state index contributed by atoms with van der Waals surface area (Å²) in [4.78, 5) is 44.0. The fourth-order valence-corrected chi connectivity index (χ4v) is 7.92. The molecule has 7 rings (SSSR count). The molecule has 0 atom stereocenters. The van der Waals surface area contributed by atoms with Gasteiger partial charge >= 0.3 is 0 Å². The van der Waals surface area contributed by atoms with E-state index in [4.69, 9.17) is 83.2 Å². The number of rotatable bonds is 19. The van der Waals surface area contributed by atoms with Crippen LogP contribution in [-0.4, -0.2) is 91.0 Å². The number of amides is 2. The number of ether oxygens (including phenoxy) is 9. The summed E-state index contributed by atoms with van der Waals surface area (Å²) in [5, 5.41) is 6.07. The number of hydrogen-bond acceptors (Lipinski definition) is 16. The predicted octanol–water partition coefficient (Wildman–Crippen LogP) is 12.5. The number of alkyl halides is 2. The van der Waals surface area contributed by atoms with Crippen molar-refractivity contribution in [2.24, 2.45) is 0 Å². The molecule has 6 aromatic carbocycles. The molecule has 410 valence electrons. The molecular weight excluding hydrogens is 1070 g/mol. The molecule has 21 heteroatoms. The number of nitrogen functional groups attached to an aromatic ring is 1. The number of nitrogens with zero attached hydrogens (tertiary/aromatic N) is 2. The van der Waals surface area contributed by atoms with E-state index in [0.717, 1.165) is 21.7 Å². The lowest BCUT2D eigenvalue weighted by Crippen LogP contribution is -2.12. The maximum absolute atomic E-state index is 12.7. The number of halogens is 3. The first-order chi connectivity index (χ1) is 36.7. The Labute approximate surface area is 468 Å². The topological polar surface area (TPSA) is 210 Å². The number of carbonyl (C=O) groups is 3. The van der Waals surface area contributed by atoms with Gasteiger partial charge in [0.1, 0.15) is 5.03 Å². The van der Waals surface area contributed by atoms with Gasteiger partial charge in [0.25, 0.3) is 17.1 Å². The number of benzene rings is 6. The van der Waals surface area contributed by atoms with E-state index in [9.17, 15) is 14.4 Å². The summed E-state index contributed by atoms with van der Waals surface area (Å²) < 4.78 is 47.0. The fraction of sp³-hybridized carbons (Fsp3) is 0.232. The van der Waals surface area contributed by atoms with Crippen LogP contribution in [0.1, 0.15) is 55.2 Å². The van der Waals surface area contributed by atoms with Gasteiger partial charge in [0.15, 0.2) is 34.5 Å². The third kappa shape index (κ3) is 19.1. The lowest BCUT2D eigenvalue weighted by atomic mass is 10.1. The van der Waals surface area contributed by atoms with E-state index in [2.05, 4.69) is 20.6 Å². The largest absolute Gasteiger partial charge is 0.493 e. The van der Waals surface area contributed by atoms with Crippen molar-refractivity contribution < 1.29 is 57.0 Å². The van der Waals surface area contributed by atoms with Gasteiger partial charge < -0.3 is 59.0 Å². The average molecular weight is 1140 g/mol. The summed E-state index contributed by atoms with van der Waals surface area (Å²) in [6.45, 7) is 0. The third-order valence-electron chi connectivity index (χ3n) is 10.3. The van der Waals surface area contributed by atoms with Gasteiger partial charge in [-0.15, -0.1) is 35.0 Å². The minimum Gasteiger partial charge on any atom is -0.493 e. The molecule has 0 aliphatic rings. The molecule has 1 heterocycles. The summed E-state index contributed by atoms with van der Waals surface area (Å²) in [7, 11) is 13.8. The van der Waals surface area contributed by atoms with Crippen LogP contribution in [0.4, 0.5) is 17.1 Å². The average Bonchev–Trinajstić information content (AvgIpc) is 3.46. The highest BCUT2D eigenvalue weighted by molar-refractivity contribution is 7.98. The number of hydrogen-bond donors (Lipinski definition) is 3. The van der Waals surface area contributed by atoms with Crippen LogP contribution in [0.3, 0.4) is 0 Å². The van der Waals surface area contributed by atoms with Gasteiger partial charge in [-0.25, -0.2) is 4.98 Å². The second kappa shape index (κ2) is 33.3. The van der Waals surface area contributed by atoms with Crippen LogP contribution in [0.15, 0.2) is 133 Å². The highest BCUT2D eigenvalue weighted by Crippen LogP contribution is 2.42. The summed E-state index contributed by atoms with van der Waals surface area (Å²) in [6, 6.07) is 31.6. The van der Waals surface area contributed by atoms with Crippen LogP contribution >= 0.6 is 46.6 Å². The Hall–Kier alpha value is -7.77. The molecule has 2 amide bonds. The van der Waals surface area contributed by atoms with Gasteiger partial charge in [0.2, 0.25) is 17.2 Å². The molecule has 0 spiro atoms. The lowest BCUT2D eigenvalue weighted by Gasteiger charge is -2.14. The zero-order valence-electron chi connectivity index (χ0n) is 43.2. The van der Waals surface area contributed by atoms with Crippen molar-refractivity contribution in [1.82, 2.24) is 9.97 Å². The van der Waals surface area contributed by atoms with Crippen molar-refractivity contribution in [2.75, 3.05) is 80.4 Å². The third-order valence-corrected chi connectivity index (χ3v) is 12.1. The Balaban J connectivity index is 0.000000288. The molecular formula is C56H62Cl3N5O12S. The summed E-state index contributed by atoms with van der Waals surface area (Å²) in [6.07, 6.45) is 5.01. The van der Waals surface area contributed by atoms with E-state index in [1.807, 2.05) is 30.3 Å². The van der Waals surface area contributed by atoms with Gasteiger partial charge in [0.05, 0.1) is 70.2 Å². The van der Waals surface area contributed by atoms with Gasteiger partial charge in [-0.1, -0.05) is 49.9 Å². The van der Waals surface area contributed by atoms with Crippen molar-refractivity contribution in [3.63, 3.8) is 0 Å². The van der Waals surface area contributed by atoms with Gasteiger partial charge in [-0.2, -0.15) is 0 Å². The van der Waals surface area contributed by atoms with E-state index < -0.39 is 5.24 Å². The minimum absolute atomic E-state index is 0. The molecule has 0 saturated carbocycles. The molecule has 0 saturated heterocycles. The van der Waals surface area contributed by atoms with Crippen molar-refractivity contribution in [2.45, 2.75) is 30.0 Å². The van der Waals surface area contributed by atoms with Crippen LogP contribution in [0.5, 0.6) is 51.7 Å². The molecule has 0 aliphatic carbocycles. The molecule has 7 aromatic rings. The number of thioether (sulfide) groups is 1. The highest BCUT2D eigenvalue weighted by atomic mass is 35.5. The predicted molar refractivity (Wildman–Crippen MR) is 306 cm³/mol. The van der Waals surface area contributed by atoms with Crippen molar-refractivity contribution in [1.29, 1.82) is 0 Å². The summed E-state index contributed by atoms with van der Waals surface area (Å²) in [5.74, 6) is 5.47. The SMILES string of the molecule is C.COc1cc(N)cc(OC)c1OC.COc1cc(NC(=O)c2cccc(CCl)c2)cc(OC)c1OC.COc1cc(NC(=O)c2cccc(CSc3cnccn3)c2)cc(OC)c1OC.O=C(Cl)c1cccc(CCl)c1. The zero-order valence-corrected chi connectivity index (χ0v) is 46.2. The Morgan fingerprint density at radius 1 is 0.506 bits per heavy atom. The van der Waals surface area contributed by atoms with Crippen LogP contribution < -0.4 is 59.0 Å². The Morgan fingerprint density at radius 2 is 0.870 bits per heavy atom. The molecule has 77 heavy (non-hydrogen) atoms. The van der Waals surface area contributed by atoms with E-state index in [-0.39, 0.29) is 19.2 Å². The smallest absolute Gasteiger partial charge is 0.255 e. The van der Waals surface area contributed by atoms with Gasteiger partial charge in [0, 0.05) is 100 Å². The number of methoxy groups -OCH3 is 9. The first kappa shape index (κ1) is 63.5. The highest BCUT2D eigenvalue weighted by Gasteiger charge is 2.18. The molecule has 4 N–H and O–H groups in total. The minimum atomic E-state index is -0.447. The quantitative estimate of drug-likeness (QED) is 0.0297. The Bertz CT molecular complexity index is 2940. The van der Waals surface area contributed by atoms with E-state index in [1.54, 1.807) is 131 Å². The zero-order chi connectivity index (χ0) is 55.6. The maximum atomic E-state index is 12.7. The number of nitrogens with two attached hydrogens (primary N) is 1. The standard InChI is InChI=1S/C21H21N3O4S.C17H18ClNO4.C9H13NO3.C8H6Cl2O.CH4/c1-26-17-10-16(11-18(27-2)20(17)28-3)24-21(25)15-6-4-5-14(9-15)13-29-19-12-22-7-8-23-19;1-21-14-8-13(9-15(22-2)16(14)23-3)19-17(20)12-6-4-5-11(7-12)10-18;1-11-7-4-6(10)5-8(12-2)9(7)13-3;9-5-6-2-1-3-7(4-6)8(10)11;/h4-12H,13H2,1-3H3,(H,24,25);4-9H,10H2,1-3H3,(H,19,20);4-5H,10H2,1-3H3;1-4H,5H2;1H4. The fourth-order valence-electron chi connectivity index (χ4n) is 6.71. The number of anilines is 3. The molecule has 0 bridgehead atoms. The molecule has 0 unspecified atom stereocenters. The first-order valence-corrected chi connectivity index (χ1v) is 24.9. The maximum Gasteiger partial charge on any atom is 0.255 e. The summed E-state index contributed by atoms with van der Waals surface area (Å²) in [5.41, 5.74) is 11.6. The van der Waals surface area contributed by atoms with Crippen LogP contribution in [0.25, 0.3) is 0 Å². The normalized spacial score (nSPS) is 9.87. The Morgan fingerprint density at radius 3 is 1.22 bits per heavy atom. The second-order valence-corrected chi connectivity index (χ2v) is 17.0. The van der Waals surface area contributed by atoms with E-state index >= 15 is 0 Å². The molecule has 0 aliphatic heterocycles. The van der Waals surface area contributed by atoms with Gasteiger partial charge in [-0.3, -0.25) is 19.4 Å². The molecule has 1 aromatic heterocycles. The monoisotopic (exact) mass is 1130 g/mol.